The highest BCUT2D eigenvalue weighted by Crippen LogP contribution is 2.66. The molecule has 0 aromatic heterocycles. The zero-order valence-electron chi connectivity index (χ0n) is 13.6. The minimum Gasteiger partial charge on any atom is -0.370 e. The van der Waals surface area contributed by atoms with Crippen molar-refractivity contribution in [3.63, 3.8) is 0 Å². The van der Waals surface area contributed by atoms with Crippen LogP contribution in [0.15, 0.2) is 0 Å². The number of morpholine rings is 1. The maximum absolute atomic E-state index is 12.8. The van der Waals surface area contributed by atoms with Crippen molar-refractivity contribution in [1.82, 2.24) is 0 Å². The molecule has 3 unspecified atom stereocenters. The predicted octanol–water partition coefficient (Wildman–Crippen LogP) is 2.49. The van der Waals surface area contributed by atoms with Gasteiger partial charge in [-0.3, -0.25) is 4.79 Å². The second-order valence-corrected chi connectivity index (χ2v) is 8.36. The smallest absolute Gasteiger partial charge is 0.142 e. The Balaban J connectivity index is 1.69. The molecule has 2 aliphatic carbocycles. The van der Waals surface area contributed by atoms with Gasteiger partial charge < -0.3 is 9.22 Å². The van der Waals surface area contributed by atoms with Crippen LogP contribution in [0.5, 0.6) is 0 Å². The topological polar surface area (TPSA) is 26.3 Å². The van der Waals surface area contributed by atoms with E-state index in [4.69, 9.17) is 4.74 Å². The zero-order chi connectivity index (χ0) is 14.6. The largest absolute Gasteiger partial charge is 0.370 e. The Morgan fingerprint density at radius 1 is 1.25 bits per heavy atom. The highest BCUT2D eigenvalue weighted by molar-refractivity contribution is 5.91. The molecule has 1 saturated heterocycles. The van der Waals surface area contributed by atoms with E-state index in [0.717, 1.165) is 50.2 Å². The Kier molecular flexibility index (Phi) is 3.30. The Morgan fingerprint density at radius 3 is 2.45 bits per heavy atom. The number of carbonyl (C=O) groups excluding carboxylic acids is 1. The molecule has 2 bridgehead atoms. The molecule has 3 aliphatic rings. The third kappa shape index (κ3) is 1.89. The summed E-state index contributed by atoms with van der Waals surface area (Å²) in [6.07, 6.45) is 3.45. The number of ketones is 1. The third-order valence-corrected chi connectivity index (χ3v) is 7.20. The van der Waals surface area contributed by atoms with Crippen molar-refractivity contribution < 1.29 is 14.0 Å². The van der Waals surface area contributed by atoms with E-state index in [1.807, 2.05) is 0 Å². The molecule has 3 heteroatoms. The van der Waals surface area contributed by atoms with E-state index < -0.39 is 0 Å². The molecule has 0 aromatic rings. The molecule has 3 atom stereocenters. The Bertz CT molecular complexity index is 411. The maximum atomic E-state index is 12.8. The van der Waals surface area contributed by atoms with Crippen LogP contribution in [0.2, 0.25) is 0 Å². The van der Waals surface area contributed by atoms with Crippen LogP contribution in [0.3, 0.4) is 0 Å². The van der Waals surface area contributed by atoms with Crippen LogP contribution in [-0.2, 0) is 9.53 Å². The van der Waals surface area contributed by atoms with E-state index in [1.54, 1.807) is 0 Å². The van der Waals surface area contributed by atoms with Crippen LogP contribution < -0.4 is 0 Å². The number of quaternary nitrogens is 1. The molecule has 1 aliphatic heterocycles. The van der Waals surface area contributed by atoms with Crippen molar-refractivity contribution >= 4 is 5.78 Å². The number of hydrogen-bond acceptors (Lipinski definition) is 2. The summed E-state index contributed by atoms with van der Waals surface area (Å²) < 4.78 is 6.56. The monoisotopic (exact) mass is 280 g/mol. The zero-order valence-corrected chi connectivity index (χ0v) is 13.6. The van der Waals surface area contributed by atoms with Gasteiger partial charge in [0, 0.05) is 17.8 Å². The molecule has 1 heterocycles. The van der Waals surface area contributed by atoms with E-state index in [1.165, 1.54) is 6.42 Å². The fourth-order valence-corrected chi connectivity index (χ4v) is 5.06. The minimum atomic E-state index is -0.0497. The summed E-state index contributed by atoms with van der Waals surface area (Å²) in [6.45, 7) is 12.0. The lowest BCUT2D eigenvalue weighted by atomic mass is 9.70. The number of fused-ring (bicyclic) bond motifs is 2. The quantitative estimate of drug-likeness (QED) is 0.743. The molecule has 0 radical (unpaired) electrons. The van der Waals surface area contributed by atoms with Gasteiger partial charge in [0.25, 0.3) is 0 Å². The van der Waals surface area contributed by atoms with Crippen molar-refractivity contribution in [3.05, 3.63) is 0 Å². The first-order valence-electron chi connectivity index (χ1n) is 8.26. The molecular weight excluding hydrogens is 250 g/mol. The molecule has 0 N–H and O–H groups in total. The highest BCUT2D eigenvalue weighted by atomic mass is 16.5. The van der Waals surface area contributed by atoms with Crippen LogP contribution in [0.4, 0.5) is 0 Å². The average Bonchev–Trinajstić information content (AvgIpc) is 2.70. The minimum absolute atomic E-state index is 0.0497. The maximum Gasteiger partial charge on any atom is 0.142 e. The van der Waals surface area contributed by atoms with E-state index in [0.29, 0.717) is 17.6 Å². The third-order valence-electron chi connectivity index (χ3n) is 7.20. The van der Waals surface area contributed by atoms with Crippen LogP contribution in [0.25, 0.3) is 0 Å². The molecule has 0 amide bonds. The van der Waals surface area contributed by atoms with E-state index in [2.05, 4.69) is 27.8 Å². The summed E-state index contributed by atoms with van der Waals surface area (Å²) in [4.78, 5) is 12.8. The lowest BCUT2D eigenvalue weighted by Crippen LogP contribution is -2.53. The summed E-state index contributed by atoms with van der Waals surface area (Å²) in [5.74, 6) is 1.51. The van der Waals surface area contributed by atoms with Crippen LogP contribution in [0, 0.1) is 22.7 Å². The van der Waals surface area contributed by atoms with Gasteiger partial charge in [-0.15, -0.1) is 0 Å². The van der Waals surface area contributed by atoms with Gasteiger partial charge in [0.15, 0.2) is 0 Å². The number of hydrogen-bond donors (Lipinski definition) is 0. The van der Waals surface area contributed by atoms with Gasteiger partial charge in [0.05, 0.1) is 26.8 Å². The van der Waals surface area contributed by atoms with Crippen LogP contribution in [-0.4, -0.2) is 50.2 Å². The summed E-state index contributed by atoms with van der Waals surface area (Å²) in [5, 5.41) is 0. The van der Waals surface area contributed by atoms with Crippen molar-refractivity contribution in [3.8, 4) is 0 Å². The highest BCUT2D eigenvalue weighted by Gasteiger charge is 2.65. The Morgan fingerprint density at radius 2 is 1.90 bits per heavy atom. The lowest BCUT2D eigenvalue weighted by molar-refractivity contribution is -0.917. The lowest BCUT2D eigenvalue weighted by Gasteiger charge is -2.39. The Labute approximate surface area is 123 Å². The molecular formula is C17H30NO2+. The number of nitrogens with zero attached hydrogens (tertiary/aromatic N) is 1. The fourth-order valence-electron chi connectivity index (χ4n) is 5.06. The molecule has 3 nitrogen and oxygen atoms in total. The fraction of sp³-hybridized carbons (Fsp3) is 0.941. The standard InChI is InChI=1S/C17H30NO2/c1-16(2)14-5-7-17(16,3)15(19)13(14)6-8-18(4)9-11-20-12-10-18/h13-14H,5-12H2,1-4H3/q+1. The second kappa shape index (κ2) is 4.54. The molecule has 20 heavy (non-hydrogen) atoms. The molecule has 0 aromatic carbocycles. The Hall–Kier alpha value is -0.410. The van der Waals surface area contributed by atoms with Crippen LogP contribution in [0.1, 0.15) is 40.0 Å². The summed E-state index contributed by atoms with van der Waals surface area (Å²) >= 11 is 0. The summed E-state index contributed by atoms with van der Waals surface area (Å²) in [5.41, 5.74) is 0.157. The number of carbonyl (C=O) groups is 1. The van der Waals surface area contributed by atoms with Crippen molar-refractivity contribution in [2.24, 2.45) is 22.7 Å². The SMILES string of the molecule is CC12CCC(C(CC[N+]3(C)CCOCC3)C1=O)C2(C)C. The molecule has 2 saturated carbocycles. The van der Waals surface area contributed by atoms with Crippen LogP contribution >= 0.6 is 0 Å². The van der Waals surface area contributed by atoms with Gasteiger partial charge in [-0.25, -0.2) is 0 Å². The summed E-state index contributed by atoms with van der Waals surface area (Å²) in [6, 6.07) is 0. The first-order valence-corrected chi connectivity index (χ1v) is 8.26. The van der Waals surface area contributed by atoms with E-state index in [9.17, 15) is 4.79 Å². The number of ether oxygens (including phenoxy) is 1. The van der Waals surface area contributed by atoms with Gasteiger partial charge in [-0.2, -0.15) is 0 Å². The first kappa shape index (κ1) is 14.5. The number of Topliss-reactive ketones (excluding diaryl/α,β-unsaturated/α-hetero) is 1. The van der Waals surface area contributed by atoms with Crippen molar-refractivity contribution in [1.29, 1.82) is 0 Å². The van der Waals surface area contributed by atoms with E-state index >= 15 is 0 Å². The van der Waals surface area contributed by atoms with Gasteiger partial charge in [0.2, 0.25) is 0 Å². The normalized spacial score (nSPS) is 42.1. The molecule has 114 valence electrons. The van der Waals surface area contributed by atoms with Crippen molar-refractivity contribution in [2.75, 3.05) is 39.9 Å². The molecule has 3 fully saturated rings. The second-order valence-electron chi connectivity index (χ2n) is 8.36. The number of likely N-dealkylation sites (N-methyl/N-ethyl adjacent to an activating group) is 1. The van der Waals surface area contributed by atoms with Crippen molar-refractivity contribution in [2.45, 2.75) is 40.0 Å². The molecule has 3 rings (SSSR count). The van der Waals surface area contributed by atoms with Gasteiger partial charge in [-0.1, -0.05) is 20.8 Å². The van der Waals surface area contributed by atoms with Gasteiger partial charge >= 0.3 is 0 Å². The van der Waals surface area contributed by atoms with E-state index in [-0.39, 0.29) is 10.8 Å². The first-order chi connectivity index (χ1) is 9.30. The number of rotatable bonds is 3. The van der Waals surface area contributed by atoms with Gasteiger partial charge in [-0.05, 0) is 24.2 Å². The summed E-state index contributed by atoms with van der Waals surface area (Å²) in [7, 11) is 2.33. The molecule has 0 spiro atoms. The predicted molar refractivity (Wildman–Crippen MR) is 79.3 cm³/mol. The van der Waals surface area contributed by atoms with Gasteiger partial charge in [0.1, 0.15) is 18.9 Å². The average molecular weight is 280 g/mol.